The molecule has 0 aliphatic carbocycles. The zero-order valence-electron chi connectivity index (χ0n) is 11.1. The van der Waals surface area contributed by atoms with Crippen LogP contribution in [0.2, 0.25) is 0 Å². The van der Waals surface area contributed by atoms with Gasteiger partial charge in [0.2, 0.25) is 0 Å². The molecule has 102 valence electrons. The highest BCUT2D eigenvalue weighted by molar-refractivity contribution is 5.75. The summed E-state index contributed by atoms with van der Waals surface area (Å²) in [5.74, 6) is -0.761. The molecule has 2 aromatic heterocycles. The van der Waals surface area contributed by atoms with Crippen LogP contribution >= 0.6 is 0 Å². The van der Waals surface area contributed by atoms with Crippen LogP contribution in [-0.2, 0) is 0 Å². The van der Waals surface area contributed by atoms with Crippen LogP contribution in [0.5, 0.6) is 0 Å². The van der Waals surface area contributed by atoms with E-state index in [1.54, 1.807) is 4.40 Å². The van der Waals surface area contributed by atoms with E-state index in [4.69, 9.17) is 5.73 Å². The Labute approximate surface area is 114 Å². The number of hydrogen-bond acceptors (Lipinski definition) is 2. The summed E-state index contributed by atoms with van der Waals surface area (Å²) in [6.45, 7) is 3.84. The van der Waals surface area contributed by atoms with E-state index < -0.39 is 11.6 Å². The molecule has 0 aliphatic heterocycles. The first kappa shape index (κ1) is 12.6. The van der Waals surface area contributed by atoms with Crippen molar-refractivity contribution in [3.05, 3.63) is 53.2 Å². The summed E-state index contributed by atoms with van der Waals surface area (Å²) in [6.07, 6.45) is 0. The summed E-state index contributed by atoms with van der Waals surface area (Å²) < 4.78 is 28.9. The Morgan fingerprint density at radius 2 is 1.85 bits per heavy atom. The number of benzene rings is 1. The summed E-state index contributed by atoms with van der Waals surface area (Å²) in [6, 6.07) is 7.06. The molecule has 2 N–H and O–H groups in total. The average molecular weight is 273 g/mol. The minimum atomic E-state index is -0.545. The van der Waals surface area contributed by atoms with Crippen LogP contribution in [0.3, 0.4) is 0 Å². The maximum atomic E-state index is 13.9. The first-order valence-electron chi connectivity index (χ1n) is 6.18. The first-order valence-corrected chi connectivity index (χ1v) is 6.18. The number of anilines is 1. The number of imidazole rings is 1. The summed E-state index contributed by atoms with van der Waals surface area (Å²) in [5.41, 5.74) is 8.94. The lowest BCUT2D eigenvalue weighted by Crippen LogP contribution is -1.99. The SMILES string of the molecule is Cc1cc(C)n2c(N)c(-c3cc(F)ccc3F)nc2c1. The average Bonchev–Trinajstić information content (AvgIpc) is 2.69. The molecule has 0 fully saturated rings. The standard InChI is InChI=1S/C15H13F2N3/c1-8-5-9(2)20-13(6-8)19-14(15(20)18)11-7-10(16)3-4-12(11)17/h3-7H,18H2,1-2H3. The summed E-state index contributed by atoms with van der Waals surface area (Å²) in [5, 5.41) is 0. The number of nitrogen functional groups attached to an aromatic ring is 1. The van der Waals surface area contributed by atoms with Crippen molar-refractivity contribution in [1.29, 1.82) is 0 Å². The number of fused-ring (bicyclic) bond motifs is 1. The Hall–Kier alpha value is -2.43. The van der Waals surface area contributed by atoms with E-state index in [0.717, 1.165) is 29.5 Å². The van der Waals surface area contributed by atoms with Crippen LogP contribution in [0.1, 0.15) is 11.3 Å². The van der Waals surface area contributed by atoms with Crippen LogP contribution < -0.4 is 5.73 Å². The Morgan fingerprint density at radius 3 is 2.60 bits per heavy atom. The highest BCUT2D eigenvalue weighted by Crippen LogP contribution is 2.30. The molecule has 0 atom stereocenters. The summed E-state index contributed by atoms with van der Waals surface area (Å²) >= 11 is 0. The largest absolute Gasteiger partial charge is 0.383 e. The monoisotopic (exact) mass is 273 g/mol. The fourth-order valence-corrected chi connectivity index (χ4v) is 2.44. The minimum absolute atomic E-state index is 0.0725. The van der Waals surface area contributed by atoms with Crippen molar-refractivity contribution in [3.63, 3.8) is 0 Å². The molecular weight excluding hydrogens is 260 g/mol. The molecule has 0 bridgehead atoms. The molecule has 5 heteroatoms. The lowest BCUT2D eigenvalue weighted by molar-refractivity contribution is 0.603. The van der Waals surface area contributed by atoms with Crippen LogP contribution in [0, 0.1) is 25.5 Å². The molecule has 0 spiro atoms. The van der Waals surface area contributed by atoms with Gasteiger partial charge >= 0.3 is 0 Å². The molecule has 2 heterocycles. The van der Waals surface area contributed by atoms with Crippen LogP contribution in [0.4, 0.5) is 14.6 Å². The normalized spacial score (nSPS) is 11.2. The van der Waals surface area contributed by atoms with Crippen LogP contribution in [0.25, 0.3) is 16.9 Å². The van der Waals surface area contributed by atoms with Gasteiger partial charge in [-0.25, -0.2) is 13.8 Å². The van der Waals surface area contributed by atoms with Crippen molar-refractivity contribution < 1.29 is 8.78 Å². The lowest BCUT2D eigenvalue weighted by atomic mass is 10.1. The van der Waals surface area contributed by atoms with E-state index in [1.165, 1.54) is 0 Å². The van der Waals surface area contributed by atoms with Crippen molar-refractivity contribution in [2.75, 3.05) is 5.73 Å². The van der Waals surface area contributed by atoms with Crippen LogP contribution in [-0.4, -0.2) is 9.38 Å². The molecular formula is C15H13F2N3. The van der Waals surface area contributed by atoms with Crippen molar-refractivity contribution in [3.8, 4) is 11.3 Å². The van der Waals surface area contributed by atoms with E-state index in [2.05, 4.69) is 4.98 Å². The maximum Gasteiger partial charge on any atom is 0.139 e. The second-order valence-corrected chi connectivity index (χ2v) is 4.84. The molecule has 0 saturated heterocycles. The predicted molar refractivity (Wildman–Crippen MR) is 74.4 cm³/mol. The molecule has 1 aromatic carbocycles. The molecule has 3 aromatic rings. The van der Waals surface area contributed by atoms with Gasteiger partial charge in [-0.2, -0.15) is 0 Å². The molecule has 20 heavy (non-hydrogen) atoms. The van der Waals surface area contributed by atoms with Gasteiger partial charge in [-0.3, -0.25) is 4.40 Å². The van der Waals surface area contributed by atoms with E-state index in [0.29, 0.717) is 11.5 Å². The highest BCUT2D eigenvalue weighted by Gasteiger charge is 2.16. The Morgan fingerprint density at radius 1 is 1.10 bits per heavy atom. The van der Waals surface area contributed by atoms with Gasteiger partial charge in [-0.15, -0.1) is 0 Å². The number of pyridine rings is 1. The number of rotatable bonds is 1. The molecule has 0 saturated carbocycles. The van der Waals surface area contributed by atoms with Crippen molar-refractivity contribution in [1.82, 2.24) is 9.38 Å². The van der Waals surface area contributed by atoms with Crippen molar-refractivity contribution in [2.45, 2.75) is 13.8 Å². The Bertz CT molecular complexity index is 822. The molecule has 0 radical (unpaired) electrons. The molecule has 0 aliphatic rings. The van der Waals surface area contributed by atoms with E-state index >= 15 is 0 Å². The topological polar surface area (TPSA) is 43.3 Å². The van der Waals surface area contributed by atoms with Gasteiger partial charge in [-0.1, -0.05) is 0 Å². The third-order valence-corrected chi connectivity index (χ3v) is 3.27. The van der Waals surface area contributed by atoms with E-state index in [-0.39, 0.29) is 11.3 Å². The predicted octanol–water partition coefficient (Wildman–Crippen LogP) is 3.48. The fourth-order valence-electron chi connectivity index (χ4n) is 2.44. The number of hydrogen-bond donors (Lipinski definition) is 1. The molecule has 0 amide bonds. The number of aryl methyl sites for hydroxylation is 2. The number of aromatic nitrogens is 2. The zero-order valence-corrected chi connectivity index (χ0v) is 11.1. The third kappa shape index (κ3) is 1.82. The Balaban J connectivity index is 2.35. The summed E-state index contributed by atoms with van der Waals surface area (Å²) in [4.78, 5) is 4.34. The number of nitrogens with zero attached hydrogens (tertiary/aromatic N) is 2. The number of nitrogens with two attached hydrogens (primary N) is 1. The second kappa shape index (κ2) is 4.30. The fraction of sp³-hybridized carbons (Fsp3) is 0.133. The maximum absolute atomic E-state index is 13.9. The van der Waals surface area contributed by atoms with Gasteiger partial charge in [0, 0.05) is 11.3 Å². The molecule has 3 rings (SSSR count). The van der Waals surface area contributed by atoms with Gasteiger partial charge in [0.05, 0.1) is 0 Å². The smallest absolute Gasteiger partial charge is 0.139 e. The van der Waals surface area contributed by atoms with Gasteiger partial charge in [0.25, 0.3) is 0 Å². The van der Waals surface area contributed by atoms with E-state index in [1.807, 2.05) is 26.0 Å². The first-order chi connectivity index (χ1) is 9.47. The quantitative estimate of drug-likeness (QED) is 0.737. The van der Waals surface area contributed by atoms with Crippen molar-refractivity contribution >= 4 is 11.5 Å². The Kier molecular flexibility index (Phi) is 2.71. The van der Waals surface area contributed by atoms with Gasteiger partial charge < -0.3 is 5.73 Å². The van der Waals surface area contributed by atoms with E-state index in [9.17, 15) is 8.78 Å². The summed E-state index contributed by atoms with van der Waals surface area (Å²) in [7, 11) is 0. The zero-order chi connectivity index (χ0) is 14.4. The lowest BCUT2D eigenvalue weighted by Gasteiger charge is -2.04. The number of halogens is 2. The van der Waals surface area contributed by atoms with Crippen molar-refractivity contribution in [2.24, 2.45) is 0 Å². The van der Waals surface area contributed by atoms with Gasteiger partial charge in [-0.05, 0) is 49.7 Å². The minimum Gasteiger partial charge on any atom is -0.383 e. The molecule has 3 nitrogen and oxygen atoms in total. The van der Waals surface area contributed by atoms with Gasteiger partial charge in [0.1, 0.15) is 28.8 Å². The van der Waals surface area contributed by atoms with Crippen LogP contribution in [0.15, 0.2) is 30.3 Å². The second-order valence-electron chi connectivity index (χ2n) is 4.84. The molecule has 0 unspecified atom stereocenters. The third-order valence-electron chi connectivity index (χ3n) is 3.27. The van der Waals surface area contributed by atoms with Gasteiger partial charge in [0.15, 0.2) is 0 Å². The highest BCUT2D eigenvalue weighted by atomic mass is 19.1.